The fourth-order valence-corrected chi connectivity index (χ4v) is 12.4. The number of urea groups is 1. The number of cyclic esters (lactones) is 1. The second-order valence-electron chi connectivity index (χ2n) is 19.6. The van der Waals surface area contributed by atoms with Gasteiger partial charge in [0.15, 0.2) is 5.13 Å². The number of benzene rings is 5. The molecule has 380 valence electrons. The van der Waals surface area contributed by atoms with E-state index in [1.165, 1.54) is 18.4 Å². The molecule has 7 unspecified atom stereocenters. The Morgan fingerprint density at radius 1 is 0.851 bits per heavy atom. The van der Waals surface area contributed by atoms with Crippen LogP contribution in [0.1, 0.15) is 98.4 Å². The van der Waals surface area contributed by atoms with Crippen molar-refractivity contribution < 1.29 is 48.4 Å². The van der Waals surface area contributed by atoms with Crippen molar-refractivity contribution in [2.45, 2.75) is 93.7 Å². The molecule has 7 atom stereocenters. The van der Waals surface area contributed by atoms with E-state index in [2.05, 4.69) is 22.5 Å². The van der Waals surface area contributed by atoms with Crippen LogP contribution >= 0.6 is 11.3 Å². The monoisotopic (exact) mass is 1020 g/mol. The number of para-hydroxylation sites is 1. The number of thiazole rings is 1. The molecule has 5 aromatic carbocycles. The number of nitrogens with one attached hydrogen (secondary N) is 2. The van der Waals surface area contributed by atoms with E-state index in [9.17, 15) is 15.0 Å². The Morgan fingerprint density at radius 2 is 1.54 bits per heavy atom. The number of carbonyl (C=O) groups is 5. The number of aliphatic hydroxyl groups is 2. The molecule has 1 aromatic heterocycles. The molecule has 15 nitrogen and oxygen atoms in total. The van der Waals surface area contributed by atoms with Gasteiger partial charge in [0.05, 0.1) is 47.6 Å². The van der Waals surface area contributed by atoms with Gasteiger partial charge in [-0.05, 0) is 96.3 Å². The first kappa shape index (κ1) is 50.1. The van der Waals surface area contributed by atoms with Gasteiger partial charge in [0.25, 0.3) is 0 Å². The lowest BCUT2D eigenvalue weighted by Crippen LogP contribution is -2.57. The van der Waals surface area contributed by atoms with Crippen LogP contribution in [0, 0.1) is 23.7 Å². The smallest absolute Gasteiger partial charge is 0.329 e. The standard InChI is InChI=1S/C58H57N5O10S/c1-35(2)46(52(66)71-3)60-56(69)62-43-26-25-36(27-30-57(70)28-14-4-5-15-29-57)33-41(43)58(54(62)68)45(51(65)61-55-59-42-23-12-13-24-44(42)74-55)48-53(67)73-49(38-19-10-7-11-20-38)47(37-17-8-6-9-18-37)63(48)50(58)39-21-16-22-40(34-39)72-32-31-64/h6-13,16-26,33-35,45-50,64,70H,4-5,14-15,28-29,31-32H2,1-3H3,(H,60,69)(H,59,61,65). The van der Waals surface area contributed by atoms with Crippen LogP contribution in [0.25, 0.3) is 10.2 Å². The lowest BCUT2D eigenvalue weighted by molar-refractivity contribution is -0.177. The summed E-state index contributed by atoms with van der Waals surface area (Å²) in [6, 6.07) is 32.1. The molecule has 4 aliphatic rings. The van der Waals surface area contributed by atoms with Crippen LogP contribution in [0.3, 0.4) is 0 Å². The normalized spacial score (nSPS) is 23.5. The zero-order valence-corrected chi connectivity index (χ0v) is 42.0. The number of hydrogen-bond donors (Lipinski definition) is 4. The summed E-state index contributed by atoms with van der Waals surface area (Å²) in [6.45, 7) is 3.11. The molecule has 1 spiro atoms. The molecular weight excluding hydrogens is 959 g/mol. The Labute approximate surface area is 432 Å². The van der Waals surface area contributed by atoms with Crippen molar-refractivity contribution in [1.29, 1.82) is 0 Å². The Hall–Kier alpha value is -7.42. The number of amides is 4. The van der Waals surface area contributed by atoms with Gasteiger partial charge in [0.1, 0.15) is 41.6 Å². The highest BCUT2D eigenvalue weighted by molar-refractivity contribution is 7.22. The van der Waals surface area contributed by atoms with Gasteiger partial charge in [-0.15, -0.1) is 0 Å². The van der Waals surface area contributed by atoms with Gasteiger partial charge < -0.3 is 35.1 Å². The number of carbonyl (C=O) groups excluding carboxylic acids is 5. The number of esters is 2. The quantitative estimate of drug-likeness (QED) is 0.0551. The van der Waals surface area contributed by atoms with Crippen molar-refractivity contribution in [2.24, 2.45) is 11.8 Å². The predicted molar refractivity (Wildman–Crippen MR) is 278 cm³/mol. The minimum atomic E-state index is -2.19. The predicted octanol–water partition coefficient (Wildman–Crippen LogP) is 8.32. The number of anilines is 2. The van der Waals surface area contributed by atoms with Crippen LogP contribution in [0.4, 0.5) is 15.6 Å². The molecule has 1 aliphatic carbocycles. The maximum atomic E-state index is 16.9. The van der Waals surface area contributed by atoms with E-state index in [0.29, 0.717) is 46.4 Å². The van der Waals surface area contributed by atoms with E-state index in [4.69, 9.17) is 19.2 Å². The number of fused-ring (bicyclic) bond motifs is 4. The first-order valence-corrected chi connectivity index (χ1v) is 25.9. The number of methoxy groups -OCH3 is 1. The average molecular weight is 1020 g/mol. The molecular formula is C58H57N5O10S. The molecule has 2 saturated heterocycles. The second-order valence-corrected chi connectivity index (χ2v) is 20.7. The van der Waals surface area contributed by atoms with Crippen LogP contribution in [-0.4, -0.2) is 87.9 Å². The molecule has 4 heterocycles. The first-order chi connectivity index (χ1) is 35.9. The molecule has 4 amide bonds. The maximum absolute atomic E-state index is 16.9. The molecule has 10 rings (SSSR count). The Bertz CT molecular complexity index is 3130. The second kappa shape index (κ2) is 20.8. The summed E-state index contributed by atoms with van der Waals surface area (Å²) in [5, 5.41) is 27.7. The largest absolute Gasteiger partial charge is 0.491 e. The van der Waals surface area contributed by atoms with Gasteiger partial charge in [0.2, 0.25) is 11.8 Å². The highest BCUT2D eigenvalue weighted by Gasteiger charge is 2.76. The van der Waals surface area contributed by atoms with Gasteiger partial charge in [-0.2, -0.15) is 0 Å². The van der Waals surface area contributed by atoms with E-state index in [-0.39, 0.29) is 29.6 Å². The third-order valence-electron chi connectivity index (χ3n) is 14.8. The molecule has 4 N–H and O–H groups in total. The summed E-state index contributed by atoms with van der Waals surface area (Å²) < 4.78 is 18.6. The highest BCUT2D eigenvalue weighted by atomic mass is 32.1. The molecule has 0 radical (unpaired) electrons. The molecule has 16 heteroatoms. The minimum Gasteiger partial charge on any atom is -0.491 e. The fraction of sp³-hybridized carbons (Fsp3) is 0.345. The summed E-state index contributed by atoms with van der Waals surface area (Å²) in [7, 11) is 1.21. The Balaban J connectivity index is 1.28. The lowest BCUT2D eigenvalue weighted by atomic mass is 9.65. The topological polar surface area (TPSA) is 197 Å². The number of aromatic nitrogens is 1. The van der Waals surface area contributed by atoms with Crippen LogP contribution < -0.4 is 20.3 Å². The van der Waals surface area contributed by atoms with Crippen molar-refractivity contribution in [1.82, 2.24) is 15.2 Å². The van der Waals surface area contributed by atoms with Gasteiger partial charge in [-0.3, -0.25) is 19.3 Å². The minimum absolute atomic E-state index is 0.0604. The number of nitrogens with zero attached hydrogens (tertiary/aromatic N) is 3. The third kappa shape index (κ3) is 9.08. The van der Waals surface area contributed by atoms with E-state index in [1.807, 2.05) is 89.8 Å². The summed E-state index contributed by atoms with van der Waals surface area (Å²) in [5.74, 6) is 1.40. The van der Waals surface area contributed by atoms with E-state index >= 15 is 19.2 Å². The third-order valence-corrected chi connectivity index (χ3v) is 15.7. The lowest BCUT2D eigenvalue weighted by Gasteiger charge is -2.46. The molecule has 1 saturated carbocycles. The number of ether oxygens (including phenoxy) is 3. The van der Waals surface area contributed by atoms with Crippen molar-refractivity contribution in [3.05, 3.63) is 155 Å². The number of imide groups is 1. The maximum Gasteiger partial charge on any atom is 0.329 e. The molecule has 6 aromatic rings. The van der Waals surface area contributed by atoms with E-state index in [1.54, 1.807) is 56.3 Å². The highest BCUT2D eigenvalue weighted by Crippen LogP contribution is 2.66. The molecule has 0 bridgehead atoms. The fourth-order valence-electron chi connectivity index (χ4n) is 11.5. The van der Waals surface area contributed by atoms with Crippen molar-refractivity contribution in [3.63, 3.8) is 0 Å². The number of hydrogen-bond acceptors (Lipinski definition) is 13. The van der Waals surface area contributed by atoms with E-state index in [0.717, 1.165) is 35.3 Å². The Morgan fingerprint density at radius 3 is 2.23 bits per heavy atom. The van der Waals surface area contributed by atoms with Crippen molar-refractivity contribution in [2.75, 3.05) is 30.5 Å². The number of aliphatic hydroxyl groups excluding tert-OH is 1. The van der Waals surface area contributed by atoms with Crippen molar-refractivity contribution in [3.8, 4) is 17.6 Å². The Kier molecular flexibility index (Phi) is 14.1. The summed E-state index contributed by atoms with van der Waals surface area (Å²) in [6.07, 6.45) is 3.52. The summed E-state index contributed by atoms with van der Waals surface area (Å²) in [5.41, 5.74) is -0.412. The van der Waals surface area contributed by atoms with Gasteiger partial charge in [0, 0.05) is 5.56 Å². The number of morpholine rings is 1. The van der Waals surface area contributed by atoms with Crippen LogP contribution in [-0.2, 0) is 34.1 Å². The van der Waals surface area contributed by atoms with E-state index < -0.39 is 82.9 Å². The molecule has 3 fully saturated rings. The summed E-state index contributed by atoms with van der Waals surface area (Å²) in [4.78, 5) is 84.7. The SMILES string of the molecule is COC(=O)C(NC(=O)N1C(=O)C2(c3cc(C#CC4(O)CCCCCC4)ccc31)C(C(=O)Nc1nc3ccccc3s1)C1C(=O)OC(c3ccccc3)C(c3ccccc3)N1C2c1cccc(OCCO)c1)C(C)C. The number of rotatable bonds is 11. The average Bonchev–Trinajstić information content (AvgIpc) is 3.99. The van der Waals surface area contributed by atoms with Crippen LogP contribution in [0.2, 0.25) is 0 Å². The van der Waals surface area contributed by atoms with Gasteiger partial charge in [-0.1, -0.05) is 135 Å². The van der Waals surface area contributed by atoms with Crippen LogP contribution in [0.15, 0.2) is 127 Å². The summed E-state index contributed by atoms with van der Waals surface area (Å²) >= 11 is 1.22. The van der Waals surface area contributed by atoms with Gasteiger partial charge >= 0.3 is 18.0 Å². The zero-order chi connectivity index (χ0) is 51.7. The first-order valence-electron chi connectivity index (χ1n) is 25.1. The molecule has 3 aliphatic heterocycles. The zero-order valence-electron chi connectivity index (χ0n) is 41.2. The van der Waals surface area contributed by atoms with Crippen LogP contribution in [0.5, 0.6) is 5.75 Å². The van der Waals surface area contributed by atoms with Gasteiger partial charge in [-0.25, -0.2) is 19.5 Å². The molecule has 74 heavy (non-hydrogen) atoms. The van der Waals surface area contributed by atoms with Crippen molar-refractivity contribution >= 4 is 62.2 Å².